The molecule has 0 aromatic heterocycles. The first-order valence-electron chi connectivity index (χ1n) is 0.916. The number of nitrogens with zero attached hydrogens (tertiary/aromatic N) is 3. The van der Waals surface area contributed by atoms with Gasteiger partial charge in [-0.15, -0.1) is 0 Å². The molecular formula is H4N5+. The number of nitrogens with two attached hydrogens (primary N) is 2. The fourth-order valence-corrected chi connectivity index (χ4v) is 0. The van der Waals surface area contributed by atoms with Crippen molar-refractivity contribution in [1.29, 1.82) is 5.39 Å². The van der Waals surface area contributed by atoms with E-state index in [4.69, 9.17) is 5.39 Å². The second kappa shape index (κ2) is 1.46. The molecule has 28 valence electrons. The van der Waals surface area contributed by atoms with Crippen LogP contribution in [0.25, 0.3) is 5.08 Å². The lowest BCUT2D eigenvalue weighted by Gasteiger charge is -1.71. The van der Waals surface area contributed by atoms with Crippen LogP contribution in [-0.2, 0) is 0 Å². The van der Waals surface area contributed by atoms with Gasteiger partial charge in [0.2, 0.25) is 0 Å². The largest absolute Gasteiger partial charge is 0.340 e. The Labute approximate surface area is 28.7 Å². The van der Waals surface area contributed by atoms with Gasteiger partial charge < -0.3 is 0 Å². The van der Waals surface area contributed by atoms with Crippen LogP contribution in [0.15, 0.2) is 0 Å². The molecule has 5 nitrogen and oxygen atoms in total. The van der Waals surface area contributed by atoms with Crippen molar-refractivity contribution in [2.75, 3.05) is 0 Å². The average Bonchev–Trinajstić information content (AvgIpc) is 1.38. The van der Waals surface area contributed by atoms with Crippen molar-refractivity contribution in [1.82, 2.24) is 5.23 Å². The highest BCUT2D eigenvalue weighted by atomic mass is 15.8. The predicted octanol–water partition coefficient (Wildman–Crippen LogP) is -1.20. The molecule has 0 aliphatic rings. The van der Waals surface area contributed by atoms with Gasteiger partial charge in [0, 0.05) is 0 Å². The van der Waals surface area contributed by atoms with Gasteiger partial charge in [0.15, 0.2) is 0 Å². The molecule has 0 spiro atoms. The molecule has 0 aromatic carbocycles. The van der Waals surface area contributed by atoms with Crippen molar-refractivity contribution in [2.45, 2.75) is 0 Å². The monoisotopic (exact) mass is 74.0 g/mol. The van der Waals surface area contributed by atoms with Crippen LogP contribution in [0.2, 0.25) is 0 Å². The molecule has 0 bridgehead atoms. The molecule has 0 fully saturated rings. The van der Waals surface area contributed by atoms with E-state index < -0.39 is 0 Å². The second-order valence-corrected chi connectivity index (χ2v) is 0.469. The first-order valence-corrected chi connectivity index (χ1v) is 0.916. The summed E-state index contributed by atoms with van der Waals surface area (Å²) in [5.74, 6) is 8.97. The lowest BCUT2D eigenvalue weighted by molar-refractivity contribution is 0.398. The molecule has 5 heavy (non-hydrogen) atoms. The summed E-state index contributed by atoms with van der Waals surface area (Å²) in [7, 11) is 0. The normalized spacial score (nSPS) is 5.80. The van der Waals surface area contributed by atoms with Crippen molar-refractivity contribution in [2.24, 2.45) is 11.7 Å². The number of diazo groups is 1. The van der Waals surface area contributed by atoms with Crippen LogP contribution in [0.3, 0.4) is 0 Å². The molecule has 5 heteroatoms. The summed E-state index contributed by atoms with van der Waals surface area (Å²) >= 11 is 0. The Kier molecular flexibility index (Phi) is 1.21. The fourth-order valence-electron chi connectivity index (χ4n) is 0. The van der Waals surface area contributed by atoms with Crippen molar-refractivity contribution < 1.29 is 0 Å². The molecule has 0 radical (unpaired) electrons. The van der Waals surface area contributed by atoms with Crippen molar-refractivity contribution in [3.8, 4) is 0 Å². The molecule has 0 amide bonds. The molecule has 0 saturated carbocycles. The smallest absolute Gasteiger partial charge is 0.163 e. The molecule has 0 rings (SSSR count). The molecule has 0 unspecified atom stereocenters. The zero-order chi connectivity index (χ0) is 4.28. The standard InChI is InChI=1S/H4N5/c1-4-5(2)3/h2-3H2/q+1. The van der Waals surface area contributed by atoms with E-state index in [1.54, 1.807) is 0 Å². The summed E-state index contributed by atoms with van der Waals surface area (Å²) in [5.41, 5.74) is 0. The summed E-state index contributed by atoms with van der Waals surface area (Å²) in [4.78, 5) is 0. The van der Waals surface area contributed by atoms with Crippen LogP contribution in [0.1, 0.15) is 0 Å². The number of hydrogen-bond donors (Lipinski definition) is 2. The lowest BCUT2D eigenvalue weighted by atomic mass is 12.2. The quantitative estimate of drug-likeness (QED) is 0.215. The summed E-state index contributed by atoms with van der Waals surface area (Å²) < 4.78 is 0. The first kappa shape index (κ1) is 4.14. The Bertz CT molecular complexity index is 45.5. The van der Waals surface area contributed by atoms with E-state index in [0.717, 1.165) is 0 Å². The molecule has 4 N–H and O–H groups in total. The van der Waals surface area contributed by atoms with Gasteiger partial charge in [0.25, 0.3) is 5.39 Å². The predicted molar refractivity (Wildman–Crippen MR) is 15.3 cm³/mol. The molecule has 0 aliphatic heterocycles. The molecular weight excluding hydrogens is 70.0 g/mol. The van der Waals surface area contributed by atoms with Crippen LogP contribution in [0, 0.1) is 5.39 Å². The van der Waals surface area contributed by atoms with E-state index >= 15 is 0 Å². The van der Waals surface area contributed by atoms with Gasteiger partial charge in [-0.3, -0.25) is 0 Å². The van der Waals surface area contributed by atoms with Crippen LogP contribution in [0.4, 0.5) is 0 Å². The van der Waals surface area contributed by atoms with Gasteiger partial charge in [-0.25, -0.2) is 0 Å². The SMILES string of the molecule is N#[N+]N(N)N. The van der Waals surface area contributed by atoms with Gasteiger partial charge >= 0.3 is 5.08 Å². The van der Waals surface area contributed by atoms with Crippen LogP contribution >= 0.6 is 0 Å². The van der Waals surface area contributed by atoms with E-state index in [2.05, 4.69) is 16.8 Å². The molecule has 0 heterocycles. The van der Waals surface area contributed by atoms with Crippen molar-refractivity contribution in [3.05, 3.63) is 5.08 Å². The number of rotatable bonds is 0. The second-order valence-electron chi connectivity index (χ2n) is 0.469. The summed E-state index contributed by atoms with van der Waals surface area (Å²) in [6, 6.07) is 0. The Morgan fingerprint density at radius 1 is 1.60 bits per heavy atom. The van der Waals surface area contributed by atoms with Crippen molar-refractivity contribution >= 4 is 0 Å². The zero-order valence-corrected chi connectivity index (χ0v) is 2.50. The Hall–Kier alpha value is -0.860. The third-order valence-electron chi connectivity index (χ3n) is 0.103. The highest BCUT2D eigenvalue weighted by molar-refractivity contribution is 4.23. The maximum atomic E-state index is 7.44. The Morgan fingerprint density at radius 3 is 1.80 bits per heavy atom. The number of hydrazine groups is 2. The Morgan fingerprint density at radius 2 is 1.80 bits per heavy atom. The van der Waals surface area contributed by atoms with E-state index in [0.29, 0.717) is 5.23 Å². The molecule has 0 saturated heterocycles. The van der Waals surface area contributed by atoms with Gasteiger partial charge in [-0.2, -0.15) is 11.7 Å². The third kappa shape index (κ3) is 3.14. The minimum Gasteiger partial charge on any atom is -0.163 e. The fraction of sp³-hybridized carbons (Fsp3) is 0. The number of hydrogen-bond acceptors (Lipinski definition) is 4. The summed E-state index contributed by atoms with van der Waals surface area (Å²) in [6.45, 7) is 0. The van der Waals surface area contributed by atoms with Gasteiger partial charge in [-0.05, 0) is 0 Å². The van der Waals surface area contributed by atoms with E-state index in [-0.39, 0.29) is 0 Å². The Balaban J connectivity index is 2.94. The molecule has 0 aliphatic carbocycles. The van der Waals surface area contributed by atoms with Gasteiger partial charge in [0.05, 0.1) is 0 Å². The summed E-state index contributed by atoms with van der Waals surface area (Å²) in [5, 5.41) is 10.0. The maximum Gasteiger partial charge on any atom is 0.340 e. The van der Waals surface area contributed by atoms with Gasteiger partial charge in [0.1, 0.15) is 5.23 Å². The van der Waals surface area contributed by atoms with Crippen LogP contribution in [0.5, 0.6) is 0 Å². The minimum absolute atomic E-state index is 0.306. The lowest BCUT2D eigenvalue weighted by Crippen LogP contribution is -2.29. The molecule has 0 aromatic rings. The third-order valence-corrected chi connectivity index (χ3v) is 0.103. The molecule has 0 atom stereocenters. The zero-order valence-electron chi connectivity index (χ0n) is 2.50. The van der Waals surface area contributed by atoms with E-state index in [9.17, 15) is 0 Å². The van der Waals surface area contributed by atoms with Crippen LogP contribution in [-0.4, -0.2) is 5.23 Å². The van der Waals surface area contributed by atoms with Gasteiger partial charge in [-0.1, -0.05) is 0 Å². The highest BCUT2D eigenvalue weighted by Crippen LogP contribution is 1.50. The highest BCUT2D eigenvalue weighted by Gasteiger charge is 1.87. The van der Waals surface area contributed by atoms with Crippen molar-refractivity contribution in [3.63, 3.8) is 0 Å². The van der Waals surface area contributed by atoms with E-state index in [1.807, 2.05) is 0 Å². The minimum atomic E-state index is 0.306. The van der Waals surface area contributed by atoms with Crippen LogP contribution < -0.4 is 11.7 Å². The maximum absolute atomic E-state index is 7.44. The average molecular weight is 74.1 g/mol. The summed E-state index contributed by atoms with van der Waals surface area (Å²) in [6.07, 6.45) is 0. The first-order chi connectivity index (χ1) is 2.27. The van der Waals surface area contributed by atoms with E-state index in [1.165, 1.54) is 0 Å². The topological polar surface area (TPSA) is 83.4 Å².